The van der Waals surface area contributed by atoms with Crippen molar-refractivity contribution in [1.29, 1.82) is 5.26 Å². The fraction of sp³-hybridized carbons (Fsp3) is 0.970. The summed E-state index contributed by atoms with van der Waals surface area (Å²) in [6.45, 7) is 30.0. The minimum absolute atomic E-state index is 0. The van der Waals surface area contributed by atoms with Gasteiger partial charge in [0, 0.05) is 0 Å². The van der Waals surface area contributed by atoms with Crippen molar-refractivity contribution in [3.63, 3.8) is 0 Å². The van der Waals surface area contributed by atoms with E-state index >= 15 is 0 Å². The largest absolute Gasteiger partial charge is 1.00 e. The maximum atomic E-state index is 7.13. The molecule has 0 aliphatic heterocycles. The number of halogens is 1. The van der Waals surface area contributed by atoms with Gasteiger partial charge in [0.25, 0.3) is 0 Å². The van der Waals surface area contributed by atoms with Crippen molar-refractivity contribution in [2.24, 2.45) is 0 Å². The molecule has 0 rings (SSSR count). The lowest BCUT2D eigenvalue weighted by molar-refractivity contribution is -0.929. The van der Waals surface area contributed by atoms with Crippen LogP contribution in [0.15, 0.2) is 0 Å². The van der Waals surface area contributed by atoms with Gasteiger partial charge in [0.15, 0.2) is 0 Å². The third-order valence-corrected chi connectivity index (χ3v) is 7.89. The second-order valence-electron chi connectivity index (χ2n) is 11.4. The highest BCUT2D eigenvalue weighted by molar-refractivity contribution is 7.64. The zero-order valence-electron chi connectivity index (χ0n) is 27.6. The minimum atomic E-state index is 0. The van der Waals surface area contributed by atoms with Gasteiger partial charge in [0.05, 0.1) is 52.4 Å². The lowest BCUT2D eigenvalue weighted by Gasteiger charge is -2.39. The molecule has 0 spiro atoms. The number of rotatable bonds is 24. The highest BCUT2D eigenvalue weighted by Gasteiger charge is 2.25. The van der Waals surface area contributed by atoms with Crippen LogP contribution in [0.5, 0.6) is 0 Å². The average molecular weight is 623 g/mol. The van der Waals surface area contributed by atoms with Gasteiger partial charge in [-0.05, 0) is 51.4 Å². The number of quaternary nitrogens is 2. The first-order valence-corrected chi connectivity index (χ1v) is 17.0. The second-order valence-corrected chi connectivity index (χ2v) is 11.6. The zero-order chi connectivity index (χ0) is 28.7. The fourth-order valence-corrected chi connectivity index (χ4v) is 5.29. The molecule has 0 fully saturated rings. The van der Waals surface area contributed by atoms with Gasteiger partial charge in [0.1, 0.15) is 0 Å². The Morgan fingerprint density at radius 3 is 0.579 bits per heavy atom. The molecule has 0 heterocycles. The van der Waals surface area contributed by atoms with Crippen LogP contribution in [0.1, 0.15) is 158 Å². The molecule has 232 valence electrons. The van der Waals surface area contributed by atoms with Crippen LogP contribution < -0.4 is 17.0 Å². The Balaban J connectivity index is -0.000000269. The summed E-state index contributed by atoms with van der Waals surface area (Å²) in [6, 6.07) is 0. The maximum absolute atomic E-state index is 7.13. The lowest BCUT2D eigenvalue weighted by Crippen LogP contribution is -3.00. The Bertz CT molecular complexity index is 357. The van der Waals surface area contributed by atoms with Crippen LogP contribution in [0.3, 0.4) is 0 Å². The van der Waals surface area contributed by atoms with Crippen LogP contribution in [-0.2, 0) is 12.6 Å². The van der Waals surface area contributed by atoms with E-state index in [0.717, 1.165) is 0 Å². The number of nitriles is 1. The summed E-state index contributed by atoms with van der Waals surface area (Å²) >= 11 is 3.70. The van der Waals surface area contributed by atoms with Crippen molar-refractivity contribution in [1.82, 2.24) is 0 Å². The first kappa shape index (κ1) is 45.1. The van der Waals surface area contributed by atoms with Crippen molar-refractivity contribution in [3.05, 3.63) is 0 Å². The molecule has 5 heteroatoms. The van der Waals surface area contributed by atoms with Gasteiger partial charge in [-0.25, -0.2) is 5.26 Å². The summed E-state index contributed by atoms with van der Waals surface area (Å²) in [5.41, 5.74) is 0. The monoisotopic (exact) mass is 621 g/mol. The van der Waals surface area contributed by atoms with E-state index in [1.54, 1.807) is 0 Å². The fourth-order valence-electron chi connectivity index (χ4n) is 5.29. The third kappa shape index (κ3) is 27.7. The van der Waals surface area contributed by atoms with Crippen LogP contribution in [0.4, 0.5) is 0 Å². The standard InChI is InChI=1S/2C16H36N.CHNS.BrH/c2*1-5-9-13-17(14-10-6-2,15-11-7-3)16-12-8-4;2-1-3;/h2*5-16H2,1-4H3;3H;1H/q2*+1;;/p-2. The molecule has 0 saturated carbocycles. The van der Waals surface area contributed by atoms with Crippen molar-refractivity contribution in [2.45, 2.75) is 158 Å². The molecule has 0 N–H and O–H groups in total. The molecular weight excluding hydrogens is 550 g/mol. The van der Waals surface area contributed by atoms with E-state index in [9.17, 15) is 0 Å². The summed E-state index contributed by atoms with van der Waals surface area (Å²) in [5, 5.41) is 8.47. The Morgan fingerprint density at radius 2 is 0.500 bits per heavy atom. The average Bonchev–Trinajstić information content (AvgIpc) is 2.92. The first-order chi connectivity index (χ1) is 17.9. The van der Waals surface area contributed by atoms with Gasteiger partial charge in [-0.1, -0.05) is 112 Å². The normalized spacial score (nSPS) is 10.9. The smallest absolute Gasteiger partial charge is 0.0786 e. The molecule has 0 bridgehead atoms. The van der Waals surface area contributed by atoms with Crippen LogP contribution in [0.25, 0.3) is 0 Å². The Hall–Kier alpha value is 0.110. The van der Waals surface area contributed by atoms with E-state index in [1.165, 1.54) is 169 Å². The zero-order valence-corrected chi connectivity index (χ0v) is 30.0. The van der Waals surface area contributed by atoms with Crippen LogP contribution in [0, 0.1) is 10.7 Å². The second kappa shape index (κ2) is 35.1. The van der Waals surface area contributed by atoms with Gasteiger partial charge in [-0.15, -0.1) is 0 Å². The molecule has 38 heavy (non-hydrogen) atoms. The quantitative estimate of drug-likeness (QED) is 0.0656. The molecule has 0 aromatic carbocycles. The van der Waals surface area contributed by atoms with Gasteiger partial charge in [0.2, 0.25) is 0 Å². The highest BCUT2D eigenvalue weighted by atomic mass is 79.9. The van der Waals surface area contributed by atoms with Crippen LogP contribution in [0.2, 0.25) is 0 Å². The van der Waals surface area contributed by atoms with Crippen molar-refractivity contribution in [3.8, 4) is 5.40 Å². The Kier molecular flexibility index (Phi) is 41.7. The van der Waals surface area contributed by atoms with Crippen molar-refractivity contribution >= 4 is 12.6 Å². The van der Waals surface area contributed by atoms with E-state index in [1.807, 2.05) is 0 Å². The minimum Gasteiger partial charge on any atom is -1.00 e. The molecule has 0 aliphatic carbocycles. The summed E-state index contributed by atoms with van der Waals surface area (Å²) in [7, 11) is 0. The molecule has 0 radical (unpaired) electrons. The topological polar surface area (TPSA) is 23.8 Å². The predicted molar refractivity (Wildman–Crippen MR) is 172 cm³/mol. The molecule has 0 aliphatic rings. The Morgan fingerprint density at radius 1 is 0.395 bits per heavy atom. The molecule has 0 amide bonds. The molecule has 0 unspecified atom stereocenters. The van der Waals surface area contributed by atoms with E-state index in [0.29, 0.717) is 0 Å². The van der Waals surface area contributed by atoms with E-state index in [-0.39, 0.29) is 17.0 Å². The first-order valence-electron chi connectivity index (χ1n) is 16.6. The molecule has 0 aromatic heterocycles. The summed E-state index contributed by atoms with van der Waals surface area (Å²) in [4.78, 5) is 0. The van der Waals surface area contributed by atoms with Crippen molar-refractivity contribution < 1.29 is 25.9 Å². The summed E-state index contributed by atoms with van der Waals surface area (Å²) < 4.78 is 2.84. The third-order valence-electron chi connectivity index (χ3n) is 7.89. The molecule has 0 atom stereocenters. The number of nitrogens with zero attached hydrogens (tertiary/aromatic N) is 3. The maximum Gasteiger partial charge on any atom is 0.0786 e. The van der Waals surface area contributed by atoms with Crippen molar-refractivity contribution in [2.75, 3.05) is 52.4 Å². The molecule has 3 nitrogen and oxygen atoms in total. The van der Waals surface area contributed by atoms with Crippen LogP contribution in [-0.4, -0.2) is 61.3 Å². The van der Waals surface area contributed by atoms with E-state index < -0.39 is 0 Å². The van der Waals surface area contributed by atoms with E-state index in [4.69, 9.17) is 5.26 Å². The molecule has 0 saturated heterocycles. The lowest BCUT2D eigenvalue weighted by atomic mass is 10.1. The number of hydrogen-bond donors (Lipinski definition) is 0. The number of unbranched alkanes of at least 4 members (excludes halogenated alkanes) is 8. The molecular formula is C33H72BrN3S. The van der Waals surface area contributed by atoms with Gasteiger partial charge in [-0.3, -0.25) is 0 Å². The summed E-state index contributed by atoms with van der Waals surface area (Å²) in [5.74, 6) is 0. The Labute approximate surface area is 258 Å². The van der Waals surface area contributed by atoms with E-state index in [2.05, 4.69) is 68.0 Å². The predicted octanol–water partition coefficient (Wildman–Crippen LogP) is 7.03. The van der Waals surface area contributed by atoms with Crippen LogP contribution >= 0.6 is 0 Å². The van der Waals surface area contributed by atoms with Gasteiger partial charge < -0.3 is 38.6 Å². The van der Waals surface area contributed by atoms with Gasteiger partial charge in [-0.2, -0.15) is 0 Å². The summed E-state index contributed by atoms with van der Waals surface area (Å²) in [6.07, 6.45) is 22.1. The SMILES string of the molecule is CCCC[N+](CCCC)(CCCC)CCCC.CCCC[N+](CCCC)(CCCC)CCCC.N#C[S-].[Br-]. The number of hydrogen-bond acceptors (Lipinski definition) is 2. The number of thiocyanates is 1. The highest BCUT2D eigenvalue weighted by Crippen LogP contribution is 2.17. The van der Waals surface area contributed by atoms with Gasteiger partial charge >= 0.3 is 0 Å². The molecule has 0 aromatic rings.